The van der Waals surface area contributed by atoms with Crippen molar-refractivity contribution in [2.75, 3.05) is 18.5 Å². The first kappa shape index (κ1) is 20.2. The minimum atomic E-state index is -1.82. The summed E-state index contributed by atoms with van der Waals surface area (Å²) in [4.78, 5) is 38.0. The molecule has 1 saturated heterocycles. The topological polar surface area (TPSA) is 87.7 Å². The summed E-state index contributed by atoms with van der Waals surface area (Å²) in [6.07, 6.45) is 0. The van der Waals surface area contributed by atoms with Gasteiger partial charge in [0.25, 0.3) is 5.91 Å². The Labute approximate surface area is 165 Å². The number of carbonyl (C=O) groups is 3. The van der Waals surface area contributed by atoms with E-state index in [9.17, 15) is 23.2 Å². The summed E-state index contributed by atoms with van der Waals surface area (Å²) in [6.45, 7) is 3.03. The number of amides is 4. The number of ether oxygens (including phenoxy) is 1. The molecule has 0 spiro atoms. The van der Waals surface area contributed by atoms with Crippen molar-refractivity contribution in [3.05, 3.63) is 59.7 Å². The maximum Gasteiger partial charge on any atom is 0.325 e. The molecule has 152 valence electrons. The zero-order valence-corrected chi connectivity index (χ0v) is 15.8. The maximum atomic E-state index is 14.2. The van der Waals surface area contributed by atoms with Crippen LogP contribution in [0.1, 0.15) is 19.4 Å². The number of nitrogens with one attached hydrogen (secondary N) is 2. The van der Waals surface area contributed by atoms with Crippen molar-refractivity contribution in [3.63, 3.8) is 0 Å². The van der Waals surface area contributed by atoms with E-state index in [4.69, 9.17) is 4.74 Å². The second-order valence-electron chi connectivity index (χ2n) is 6.58. The second kappa shape index (κ2) is 7.86. The van der Waals surface area contributed by atoms with Crippen molar-refractivity contribution >= 4 is 23.5 Å². The molecule has 2 aromatic carbocycles. The Morgan fingerprint density at radius 1 is 1.17 bits per heavy atom. The maximum absolute atomic E-state index is 14.2. The van der Waals surface area contributed by atoms with Crippen LogP contribution in [-0.4, -0.2) is 35.9 Å². The molecule has 1 heterocycles. The van der Waals surface area contributed by atoms with Gasteiger partial charge in [-0.2, -0.15) is 0 Å². The van der Waals surface area contributed by atoms with Crippen molar-refractivity contribution in [2.24, 2.45) is 0 Å². The average molecular weight is 403 g/mol. The van der Waals surface area contributed by atoms with Crippen LogP contribution < -0.4 is 15.4 Å². The lowest BCUT2D eigenvalue weighted by atomic mass is 9.91. The van der Waals surface area contributed by atoms with Crippen molar-refractivity contribution < 1.29 is 27.9 Å². The van der Waals surface area contributed by atoms with Crippen molar-refractivity contribution in [2.45, 2.75) is 19.4 Å². The van der Waals surface area contributed by atoms with E-state index in [2.05, 4.69) is 10.6 Å². The fourth-order valence-electron chi connectivity index (χ4n) is 3.05. The third-order valence-corrected chi connectivity index (χ3v) is 4.49. The number of hydrogen-bond donors (Lipinski definition) is 2. The predicted molar refractivity (Wildman–Crippen MR) is 100 cm³/mol. The molecule has 0 aliphatic carbocycles. The molecule has 0 unspecified atom stereocenters. The third kappa shape index (κ3) is 4.03. The smallest absolute Gasteiger partial charge is 0.325 e. The van der Waals surface area contributed by atoms with Crippen LogP contribution in [0.4, 0.5) is 19.3 Å². The van der Waals surface area contributed by atoms with E-state index in [-0.39, 0.29) is 5.56 Å². The number of hydrogen-bond acceptors (Lipinski definition) is 4. The lowest BCUT2D eigenvalue weighted by Crippen LogP contribution is -2.42. The summed E-state index contributed by atoms with van der Waals surface area (Å²) >= 11 is 0. The first-order valence-corrected chi connectivity index (χ1v) is 8.87. The van der Waals surface area contributed by atoms with Crippen LogP contribution in [0.2, 0.25) is 0 Å². The number of urea groups is 1. The van der Waals surface area contributed by atoms with Gasteiger partial charge in [-0.25, -0.2) is 13.6 Å². The van der Waals surface area contributed by atoms with Crippen molar-refractivity contribution in [1.82, 2.24) is 10.2 Å². The van der Waals surface area contributed by atoms with E-state index in [1.807, 2.05) is 6.92 Å². The Morgan fingerprint density at radius 3 is 2.52 bits per heavy atom. The van der Waals surface area contributed by atoms with E-state index in [1.165, 1.54) is 6.92 Å². The molecule has 29 heavy (non-hydrogen) atoms. The predicted octanol–water partition coefficient (Wildman–Crippen LogP) is 2.77. The Kier molecular flexibility index (Phi) is 5.49. The van der Waals surface area contributed by atoms with E-state index in [0.717, 1.165) is 18.2 Å². The highest BCUT2D eigenvalue weighted by Gasteiger charge is 2.50. The molecule has 7 nitrogen and oxygen atoms in total. The van der Waals surface area contributed by atoms with Crippen LogP contribution in [0.3, 0.4) is 0 Å². The molecular weight excluding hydrogens is 384 g/mol. The summed E-state index contributed by atoms with van der Waals surface area (Å²) in [5.41, 5.74) is -1.68. The molecular formula is C20H19F2N3O4. The van der Waals surface area contributed by atoms with Gasteiger partial charge in [-0.15, -0.1) is 0 Å². The van der Waals surface area contributed by atoms with Crippen LogP contribution >= 0.6 is 0 Å². The Hall–Kier alpha value is -3.49. The van der Waals surface area contributed by atoms with Gasteiger partial charge in [-0.05, 0) is 56.3 Å². The summed E-state index contributed by atoms with van der Waals surface area (Å²) in [5, 5.41) is 4.90. The lowest BCUT2D eigenvalue weighted by molar-refractivity contribution is -0.133. The molecule has 2 aromatic rings. The third-order valence-electron chi connectivity index (χ3n) is 4.49. The highest BCUT2D eigenvalue weighted by Crippen LogP contribution is 2.31. The van der Waals surface area contributed by atoms with Crippen molar-refractivity contribution in [1.29, 1.82) is 0 Å². The van der Waals surface area contributed by atoms with Gasteiger partial charge in [-0.1, -0.05) is 0 Å². The van der Waals surface area contributed by atoms with Crippen LogP contribution in [0, 0.1) is 11.6 Å². The van der Waals surface area contributed by atoms with Crippen molar-refractivity contribution in [3.8, 4) is 5.75 Å². The average Bonchev–Trinajstić information content (AvgIpc) is 2.89. The first-order chi connectivity index (χ1) is 13.7. The molecule has 2 N–H and O–H groups in total. The number of halogens is 2. The molecule has 0 saturated carbocycles. The van der Waals surface area contributed by atoms with Gasteiger partial charge in [0.1, 0.15) is 29.5 Å². The van der Waals surface area contributed by atoms with Gasteiger partial charge >= 0.3 is 6.03 Å². The lowest BCUT2D eigenvalue weighted by Gasteiger charge is -2.22. The number of carbonyl (C=O) groups excluding carboxylic acids is 3. The fourth-order valence-corrected chi connectivity index (χ4v) is 3.05. The van der Waals surface area contributed by atoms with Gasteiger partial charge in [0.05, 0.1) is 6.61 Å². The van der Waals surface area contributed by atoms with Gasteiger partial charge < -0.3 is 15.4 Å². The molecule has 0 aromatic heterocycles. The number of nitrogens with zero attached hydrogens (tertiary/aromatic N) is 1. The number of imide groups is 1. The summed E-state index contributed by atoms with van der Waals surface area (Å²) in [7, 11) is 0. The molecule has 4 amide bonds. The minimum Gasteiger partial charge on any atom is -0.494 e. The molecule has 3 rings (SSSR count). The highest BCUT2D eigenvalue weighted by atomic mass is 19.1. The number of anilines is 1. The SMILES string of the molecule is CCOc1ccc(NC(=O)CN2C(=O)N[C@](C)(c3cc(F)ccc3F)C2=O)cc1. The summed E-state index contributed by atoms with van der Waals surface area (Å²) < 4.78 is 33.0. The molecule has 1 atom stereocenters. The van der Waals surface area contributed by atoms with Gasteiger partial charge in [0.2, 0.25) is 5.91 Å². The Balaban J connectivity index is 1.73. The number of rotatable bonds is 6. The van der Waals surface area contributed by atoms with E-state index < -0.39 is 41.6 Å². The first-order valence-electron chi connectivity index (χ1n) is 8.87. The largest absolute Gasteiger partial charge is 0.494 e. The van der Waals surface area contributed by atoms with Gasteiger partial charge in [0.15, 0.2) is 0 Å². The van der Waals surface area contributed by atoms with Gasteiger partial charge in [0, 0.05) is 11.3 Å². The van der Waals surface area contributed by atoms with Gasteiger partial charge in [-0.3, -0.25) is 14.5 Å². The Bertz CT molecular complexity index is 965. The quantitative estimate of drug-likeness (QED) is 0.726. The zero-order chi connectivity index (χ0) is 21.2. The van der Waals surface area contributed by atoms with Crippen LogP contribution in [0.5, 0.6) is 5.75 Å². The molecule has 0 radical (unpaired) electrons. The zero-order valence-electron chi connectivity index (χ0n) is 15.8. The van der Waals surface area contributed by atoms with E-state index >= 15 is 0 Å². The highest BCUT2D eigenvalue weighted by molar-refractivity contribution is 6.10. The van der Waals surface area contributed by atoms with Crippen LogP contribution in [-0.2, 0) is 15.1 Å². The monoisotopic (exact) mass is 403 g/mol. The van der Waals surface area contributed by atoms with Crippen LogP contribution in [0.25, 0.3) is 0 Å². The molecule has 0 bridgehead atoms. The van der Waals surface area contributed by atoms with E-state index in [0.29, 0.717) is 22.9 Å². The van der Waals surface area contributed by atoms with E-state index in [1.54, 1.807) is 24.3 Å². The van der Waals surface area contributed by atoms with Crippen LogP contribution in [0.15, 0.2) is 42.5 Å². The Morgan fingerprint density at radius 2 is 1.86 bits per heavy atom. The summed E-state index contributed by atoms with van der Waals surface area (Å²) in [6, 6.07) is 8.30. The fraction of sp³-hybridized carbons (Fsp3) is 0.250. The standard InChI is InChI=1S/C20H19F2N3O4/c1-3-29-14-7-5-13(6-8-14)23-17(26)11-25-18(27)20(2,24-19(25)28)15-10-12(21)4-9-16(15)22/h4-10H,3,11H2,1-2H3,(H,23,26)(H,24,28)/t20-/m1/s1. The minimum absolute atomic E-state index is 0.315. The molecule has 1 fully saturated rings. The molecule has 9 heteroatoms. The molecule has 1 aliphatic rings. The summed E-state index contributed by atoms with van der Waals surface area (Å²) in [5.74, 6) is -2.44. The molecule has 1 aliphatic heterocycles. The second-order valence-corrected chi connectivity index (χ2v) is 6.58. The normalized spacial score (nSPS) is 18.6. The number of benzene rings is 2.